The van der Waals surface area contributed by atoms with E-state index in [0.29, 0.717) is 16.8 Å². The molecular weight excluding hydrogens is 271 g/mol. The third-order valence-electron chi connectivity index (χ3n) is 3.39. The summed E-state index contributed by atoms with van der Waals surface area (Å²) < 4.78 is 7.60. The van der Waals surface area contributed by atoms with Gasteiger partial charge in [-0.1, -0.05) is 17.7 Å². The molecule has 5 heteroatoms. The topological polar surface area (TPSA) is 27.1 Å². The number of aromatic nitrogens is 2. The van der Waals surface area contributed by atoms with Crippen molar-refractivity contribution in [2.75, 3.05) is 13.2 Å². The first-order valence-electron chi connectivity index (χ1n) is 6.07. The predicted molar refractivity (Wildman–Crippen MR) is 73.2 cm³/mol. The number of imidazole rings is 1. The van der Waals surface area contributed by atoms with E-state index in [1.807, 2.05) is 18.2 Å². The fourth-order valence-corrected chi connectivity index (χ4v) is 2.87. The molecule has 3 nitrogen and oxygen atoms in total. The molecule has 96 valence electrons. The van der Waals surface area contributed by atoms with Crippen LogP contribution in [0.15, 0.2) is 18.2 Å². The maximum atomic E-state index is 6.17. The summed E-state index contributed by atoms with van der Waals surface area (Å²) in [5.74, 6) is 1.83. The number of para-hydroxylation sites is 1. The largest absolute Gasteiger partial charge is 0.381 e. The Balaban J connectivity index is 2.04. The van der Waals surface area contributed by atoms with E-state index in [-0.39, 0.29) is 0 Å². The third kappa shape index (κ3) is 2.11. The highest BCUT2D eigenvalue weighted by Crippen LogP contribution is 2.26. The Labute approximate surface area is 116 Å². The highest BCUT2D eigenvalue weighted by Gasteiger charge is 2.20. The molecule has 3 rings (SSSR count). The molecule has 1 aromatic carbocycles. The first-order chi connectivity index (χ1) is 8.79. The van der Waals surface area contributed by atoms with E-state index in [1.165, 1.54) is 0 Å². The van der Waals surface area contributed by atoms with Crippen LogP contribution in [0.5, 0.6) is 0 Å². The van der Waals surface area contributed by atoms with Gasteiger partial charge in [0.2, 0.25) is 0 Å². The molecule has 0 aliphatic carbocycles. The number of rotatable bonds is 3. The molecule has 2 heterocycles. The first kappa shape index (κ1) is 12.3. The van der Waals surface area contributed by atoms with Crippen LogP contribution in [-0.2, 0) is 17.2 Å². The van der Waals surface area contributed by atoms with E-state index in [2.05, 4.69) is 9.55 Å². The molecule has 0 saturated carbocycles. The zero-order chi connectivity index (χ0) is 12.5. The molecule has 1 unspecified atom stereocenters. The highest BCUT2D eigenvalue weighted by molar-refractivity contribution is 6.35. The highest BCUT2D eigenvalue weighted by atomic mass is 35.5. The van der Waals surface area contributed by atoms with Crippen molar-refractivity contribution >= 4 is 34.2 Å². The predicted octanol–water partition coefficient (Wildman–Crippen LogP) is 3.47. The molecule has 1 aliphatic heterocycles. The Bertz CT molecular complexity index is 561. The summed E-state index contributed by atoms with van der Waals surface area (Å²) in [6.45, 7) is 2.58. The van der Waals surface area contributed by atoms with Crippen molar-refractivity contribution in [2.45, 2.75) is 18.8 Å². The molecule has 1 aromatic heterocycles. The van der Waals surface area contributed by atoms with Gasteiger partial charge in [0, 0.05) is 19.1 Å². The lowest BCUT2D eigenvalue weighted by atomic mass is 10.1. The van der Waals surface area contributed by atoms with Crippen molar-refractivity contribution in [3.63, 3.8) is 0 Å². The third-order valence-corrected chi connectivity index (χ3v) is 3.94. The maximum absolute atomic E-state index is 6.17. The molecule has 0 radical (unpaired) electrons. The minimum absolute atomic E-state index is 0.401. The lowest BCUT2D eigenvalue weighted by Gasteiger charge is -2.12. The van der Waals surface area contributed by atoms with Gasteiger partial charge in [-0.3, -0.25) is 0 Å². The molecule has 1 saturated heterocycles. The van der Waals surface area contributed by atoms with Crippen LogP contribution in [0.4, 0.5) is 0 Å². The van der Waals surface area contributed by atoms with Gasteiger partial charge in [0.25, 0.3) is 0 Å². The van der Waals surface area contributed by atoms with Crippen LogP contribution < -0.4 is 0 Å². The summed E-state index contributed by atoms with van der Waals surface area (Å²) in [6.07, 6.45) is 1.10. The number of fused-ring (bicyclic) bond motifs is 1. The van der Waals surface area contributed by atoms with Gasteiger partial charge in [0.1, 0.15) is 11.3 Å². The minimum atomic E-state index is 0.401. The standard InChI is InChI=1S/C13H14Cl2N2O/c14-6-12-16-13-10(15)2-1-3-11(13)17(12)7-9-4-5-18-8-9/h1-3,9H,4-8H2. The van der Waals surface area contributed by atoms with Gasteiger partial charge in [-0.15, -0.1) is 11.6 Å². The molecule has 1 fully saturated rings. The van der Waals surface area contributed by atoms with E-state index in [0.717, 1.165) is 43.0 Å². The van der Waals surface area contributed by atoms with Crippen LogP contribution in [0.3, 0.4) is 0 Å². The summed E-state index contributed by atoms with van der Waals surface area (Å²) in [7, 11) is 0. The number of nitrogens with zero attached hydrogens (tertiary/aromatic N) is 2. The Hall–Kier alpha value is -0.770. The van der Waals surface area contributed by atoms with Crippen LogP contribution in [0.25, 0.3) is 11.0 Å². The van der Waals surface area contributed by atoms with Crippen molar-refractivity contribution in [3.8, 4) is 0 Å². The molecule has 0 N–H and O–H groups in total. The molecule has 2 aromatic rings. The van der Waals surface area contributed by atoms with Crippen LogP contribution in [-0.4, -0.2) is 22.8 Å². The summed E-state index contributed by atoms with van der Waals surface area (Å²) in [5.41, 5.74) is 1.90. The molecule has 1 aliphatic rings. The number of alkyl halides is 1. The van der Waals surface area contributed by atoms with E-state index >= 15 is 0 Å². The van der Waals surface area contributed by atoms with Crippen molar-refractivity contribution in [1.82, 2.24) is 9.55 Å². The summed E-state index contributed by atoms with van der Waals surface area (Å²) in [6, 6.07) is 5.85. The summed E-state index contributed by atoms with van der Waals surface area (Å²) >= 11 is 12.2. The van der Waals surface area contributed by atoms with Crippen molar-refractivity contribution in [1.29, 1.82) is 0 Å². The molecular formula is C13H14Cl2N2O. The zero-order valence-electron chi connectivity index (χ0n) is 9.90. The lowest BCUT2D eigenvalue weighted by Crippen LogP contribution is -2.12. The summed E-state index contributed by atoms with van der Waals surface area (Å²) in [4.78, 5) is 4.53. The maximum Gasteiger partial charge on any atom is 0.124 e. The monoisotopic (exact) mass is 284 g/mol. The average Bonchev–Trinajstić information content (AvgIpc) is 2.99. The summed E-state index contributed by atoms with van der Waals surface area (Å²) in [5, 5.41) is 0.681. The van der Waals surface area contributed by atoms with Gasteiger partial charge in [-0.2, -0.15) is 0 Å². The number of benzene rings is 1. The molecule has 0 spiro atoms. The second-order valence-corrected chi connectivity index (χ2v) is 5.28. The van der Waals surface area contributed by atoms with Crippen molar-refractivity contribution < 1.29 is 4.74 Å². The van der Waals surface area contributed by atoms with E-state index in [4.69, 9.17) is 27.9 Å². The van der Waals surface area contributed by atoms with Crippen molar-refractivity contribution in [2.24, 2.45) is 5.92 Å². The number of ether oxygens (including phenoxy) is 1. The number of halogens is 2. The minimum Gasteiger partial charge on any atom is -0.381 e. The van der Waals surface area contributed by atoms with Crippen LogP contribution >= 0.6 is 23.2 Å². The average molecular weight is 285 g/mol. The Morgan fingerprint density at radius 2 is 2.33 bits per heavy atom. The van der Waals surface area contributed by atoms with Crippen molar-refractivity contribution in [3.05, 3.63) is 29.0 Å². The number of hydrogen-bond acceptors (Lipinski definition) is 2. The SMILES string of the molecule is ClCc1nc2c(Cl)cccc2n1CC1CCOC1. The fourth-order valence-electron chi connectivity index (χ4n) is 2.45. The van der Waals surface area contributed by atoms with E-state index < -0.39 is 0 Å². The fraction of sp³-hybridized carbons (Fsp3) is 0.462. The first-order valence-corrected chi connectivity index (χ1v) is 6.98. The quantitative estimate of drug-likeness (QED) is 0.807. The van der Waals surface area contributed by atoms with Crippen LogP contribution in [0, 0.1) is 5.92 Å². The van der Waals surface area contributed by atoms with Gasteiger partial charge in [0.05, 0.1) is 23.0 Å². The second kappa shape index (κ2) is 5.08. The number of hydrogen-bond donors (Lipinski definition) is 0. The van der Waals surface area contributed by atoms with Crippen LogP contribution in [0.2, 0.25) is 5.02 Å². The Morgan fingerprint density at radius 3 is 3.06 bits per heavy atom. The van der Waals surface area contributed by atoms with Crippen LogP contribution in [0.1, 0.15) is 12.2 Å². The normalized spacial score (nSPS) is 19.8. The Kier molecular flexibility index (Phi) is 3.46. The van der Waals surface area contributed by atoms with Gasteiger partial charge in [0.15, 0.2) is 0 Å². The molecule has 0 amide bonds. The molecule has 1 atom stereocenters. The Morgan fingerprint density at radius 1 is 1.44 bits per heavy atom. The van der Waals surface area contributed by atoms with E-state index in [1.54, 1.807) is 0 Å². The lowest BCUT2D eigenvalue weighted by molar-refractivity contribution is 0.182. The smallest absolute Gasteiger partial charge is 0.124 e. The molecule has 0 bridgehead atoms. The second-order valence-electron chi connectivity index (χ2n) is 4.61. The zero-order valence-corrected chi connectivity index (χ0v) is 11.4. The van der Waals surface area contributed by atoms with Gasteiger partial charge < -0.3 is 9.30 Å². The van der Waals surface area contributed by atoms with Gasteiger partial charge >= 0.3 is 0 Å². The van der Waals surface area contributed by atoms with Gasteiger partial charge in [-0.25, -0.2) is 4.98 Å². The van der Waals surface area contributed by atoms with E-state index in [9.17, 15) is 0 Å². The molecule has 18 heavy (non-hydrogen) atoms. The van der Waals surface area contributed by atoms with Gasteiger partial charge in [-0.05, 0) is 18.6 Å².